The first-order valence-corrected chi connectivity index (χ1v) is 7.20. The van der Waals surface area contributed by atoms with Crippen molar-refractivity contribution in [3.05, 3.63) is 27.7 Å². The Kier molecular flexibility index (Phi) is 7.47. The number of carbonyl (C=O) groups excluding carboxylic acids is 1. The van der Waals surface area contributed by atoms with Gasteiger partial charge in [-0.05, 0) is 25.2 Å². The van der Waals surface area contributed by atoms with Gasteiger partial charge in [-0.1, -0.05) is 27.5 Å². The van der Waals surface area contributed by atoms with Gasteiger partial charge in [-0.25, -0.2) is 0 Å². The third-order valence-electron chi connectivity index (χ3n) is 2.50. The minimum atomic E-state index is -0.617. The molecule has 7 heteroatoms. The fourth-order valence-electron chi connectivity index (χ4n) is 1.70. The Morgan fingerprint density at radius 2 is 2.30 bits per heavy atom. The highest BCUT2D eigenvalue weighted by atomic mass is 79.9. The third-order valence-corrected chi connectivity index (χ3v) is 3.31. The average Bonchev–Trinajstić information content (AvgIpc) is 2.32. The number of anilines is 1. The topological polar surface area (TPSA) is 61.8 Å². The Hall–Kier alpha value is -0.660. The summed E-state index contributed by atoms with van der Waals surface area (Å²) in [6.07, 6.45) is -0.617. The molecule has 0 saturated carbocycles. The lowest BCUT2D eigenvalue weighted by atomic mass is 10.3. The number of hydrogen-bond donors (Lipinski definition) is 2. The van der Waals surface area contributed by atoms with Gasteiger partial charge in [-0.3, -0.25) is 9.69 Å². The lowest BCUT2D eigenvalue weighted by molar-refractivity contribution is -0.117. The van der Waals surface area contributed by atoms with Crippen molar-refractivity contribution in [2.24, 2.45) is 0 Å². The molecule has 1 unspecified atom stereocenters. The number of carbonyl (C=O) groups is 1. The fraction of sp³-hybridized carbons (Fsp3) is 0.462. The molecule has 1 rings (SSSR count). The molecular weight excluding hydrogens is 348 g/mol. The summed E-state index contributed by atoms with van der Waals surface area (Å²) in [6, 6.07) is 5.24. The second-order valence-corrected chi connectivity index (χ2v) is 5.80. The molecule has 0 radical (unpaired) electrons. The second-order valence-electron chi connectivity index (χ2n) is 4.48. The lowest BCUT2D eigenvalue weighted by Gasteiger charge is -2.19. The summed E-state index contributed by atoms with van der Waals surface area (Å²) in [5, 5.41) is 12.8. The number of hydrogen-bond acceptors (Lipinski definition) is 4. The monoisotopic (exact) mass is 364 g/mol. The van der Waals surface area contributed by atoms with Crippen LogP contribution in [0.5, 0.6) is 0 Å². The molecule has 0 aliphatic heterocycles. The predicted molar refractivity (Wildman–Crippen MR) is 83.2 cm³/mol. The summed E-state index contributed by atoms with van der Waals surface area (Å²) in [6.45, 7) is 0.757. The van der Waals surface area contributed by atoms with E-state index >= 15 is 0 Å². The molecule has 20 heavy (non-hydrogen) atoms. The van der Waals surface area contributed by atoms with Crippen molar-refractivity contribution < 1.29 is 14.6 Å². The number of benzene rings is 1. The van der Waals surface area contributed by atoms with Crippen LogP contribution in [0.1, 0.15) is 0 Å². The van der Waals surface area contributed by atoms with E-state index in [4.69, 9.17) is 16.3 Å². The first-order chi connectivity index (χ1) is 9.42. The number of likely N-dealkylation sites (N-methyl/N-ethyl adjacent to an activating group) is 1. The molecule has 1 aromatic rings. The normalized spacial score (nSPS) is 12.5. The Labute approximate surface area is 132 Å². The number of nitrogens with zero attached hydrogens (tertiary/aromatic N) is 1. The molecule has 0 saturated heterocycles. The summed E-state index contributed by atoms with van der Waals surface area (Å²) < 4.78 is 5.68. The van der Waals surface area contributed by atoms with Crippen molar-refractivity contribution in [2.45, 2.75) is 6.10 Å². The van der Waals surface area contributed by atoms with Crippen LogP contribution in [0.4, 0.5) is 5.69 Å². The van der Waals surface area contributed by atoms with Gasteiger partial charge in [-0.15, -0.1) is 0 Å². The smallest absolute Gasteiger partial charge is 0.238 e. The summed E-state index contributed by atoms with van der Waals surface area (Å²) in [5.74, 6) is -0.193. The zero-order chi connectivity index (χ0) is 15.1. The van der Waals surface area contributed by atoms with E-state index in [-0.39, 0.29) is 19.1 Å². The second kappa shape index (κ2) is 8.59. The molecule has 1 atom stereocenters. The molecular formula is C13H18BrClN2O3. The number of ether oxygens (including phenoxy) is 1. The molecule has 2 N–H and O–H groups in total. The maximum absolute atomic E-state index is 11.9. The van der Waals surface area contributed by atoms with E-state index < -0.39 is 6.10 Å². The molecule has 112 valence electrons. The van der Waals surface area contributed by atoms with Crippen LogP contribution in [0.15, 0.2) is 22.7 Å². The maximum atomic E-state index is 11.9. The van der Waals surface area contributed by atoms with Crippen molar-refractivity contribution in [3.63, 3.8) is 0 Å². The van der Waals surface area contributed by atoms with Crippen LogP contribution in [0.3, 0.4) is 0 Å². The highest BCUT2D eigenvalue weighted by Crippen LogP contribution is 2.25. The Morgan fingerprint density at radius 3 is 2.90 bits per heavy atom. The van der Waals surface area contributed by atoms with Gasteiger partial charge in [0.05, 0.1) is 30.0 Å². The molecule has 1 aromatic carbocycles. The Balaban J connectivity index is 2.46. The van der Waals surface area contributed by atoms with Gasteiger partial charge in [0.1, 0.15) is 0 Å². The number of amides is 1. The van der Waals surface area contributed by atoms with Gasteiger partial charge in [-0.2, -0.15) is 0 Å². The van der Waals surface area contributed by atoms with Crippen molar-refractivity contribution in [1.82, 2.24) is 4.90 Å². The zero-order valence-corrected chi connectivity index (χ0v) is 13.7. The van der Waals surface area contributed by atoms with Crippen LogP contribution in [0.2, 0.25) is 5.02 Å². The number of aliphatic hydroxyl groups is 1. The van der Waals surface area contributed by atoms with E-state index in [9.17, 15) is 9.90 Å². The van der Waals surface area contributed by atoms with Crippen LogP contribution >= 0.6 is 27.5 Å². The Bertz CT molecular complexity index is 459. The molecule has 0 heterocycles. The van der Waals surface area contributed by atoms with Gasteiger partial charge in [0, 0.05) is 18.1 Å². The first-order valence-electron chi connectivity index (χ1n) is 6.02. The fourth-order valence-corrected chi connectivity index (χ4v) is 2.42. The third kappa shape index (κ3) is 6.19. The van der Waals surface area contributed by atoms with E-state index in [1.165, 1.54) is 7.11 Å². The van der Waals surface area contributed by atoms with Gasteiger partial charge in [0.25, 0.3) is 0 Å². The highest BCUT2D eigenvalue weighted by Gasteiger charge is 2.12. The van der Waals surface area contributed by atoms with Crippen LogP contribution < -0.4 is 5.32 Å². The number of methoxy groups -OCH3 is 1. The van der Waals surface area contributed by atoms with E-state index in [1.807, 2.05) is 0 Å². The van der Waals surface area contributed by atoms with Gasteiger partial charge < -0.3 is 15.2 Å². The zero-order valence-electron chi connectivity index (χ0n) is 11.4. The van der Waals surface area contributed by atoms with Gasteiger partial charge >= 0.3 is 0 Å². The maximum Gasteiger partial charge on any atom is 0.238 e. The molecule has 0 aliphatic carbocycles. The molecule has 0 fully saturated rings. The molecule has 1 amide bonds. The average molecular weight is 366 g/mol. The summed E-state index contributed by atoms with van der Waals surface area (Å²) in [7, 11) is 3.27. The number of aliphatic hydroxyl groups excluding tert-OH is 1. The summed E-state index contributed by atoms with van der Waals surface area (Å²) in [5.41, 5.74) is 0.561. The Morgan fingerprint density at radius 1 is 1.60 bits per heavy atom. The minimum Gasteiger partial charge on any atom is -0.389 e. The van der Waals surface area contributed by atoms with Crippen LogP contribution in [-0.2, 0) is 9.53 Å². The highest BCUT2D eigenvalue weighted by molar-refractivity contribution is 9.10. The summed E-state index contributed by atoms with van der Waals surface area (Å²) in [4.78, 5) is 13.6. The van der Waals surface area contributed by atoms with E-state index in [0.717, 1.165) is 4.47 Å². The van der Waals surface area contributed by atoms with E-state index in [2.05, 4.69) is 21.2 Å². The lowest BCUT2D eigenvalue weighted by Crippen LogP contribution is -2.37. The molecule has 5 nitrogen and oxygen atoms in total. The number of rotatable bonds is 7. The van der Waals surface area contributed by atoms with E-state index in [1.54, 1.807) is 30.1 Å². The standard InChI is InChI=1S/C13H18BrClN2O3/c1-17(6-10(18)8-20-2)7-13(19)16-12-4-3-9(14)5-11(12)15/h3-5,10,18H,6-8H2,1-2H3,(H,16,19). The number of halogens is 2. The van der Waals surface area contributed by atoms with Crippen LogP contribution in [0, 0.1) is 0 Å². The molecule has 0 bridgehead atoms. The van der Waals surface area contributed by atoms with Crippen molar-refractivity contribution in [3.8, 4) is 0 Å². The van der Waals surface area contributed by atoms with E-state index in [0.29, 0.717) is 17.3 Å². The summed E-state index contributed by atoms with van der Waals surface area (Å²) >= 11 is 9.32. The van der Waals surface area contributed by atoms with Gasteiger partial charge in [0.2, 0.25) is 5.91 Å². The van der Waals surface area contributed by atoms with Crippen LogP contribution in [-0.4, -0.2) is 55.9 Å². The van der Waals surface area contributed by atoms with Crippen molar-refractivity contribution >= 4 is 39.1 Å². The molecule has 0 spiro atoms. The predicted octanol–water partition coefficient (Wildman–Crippen LogP) is 1.98. The number of nitrogens with one attached hydrogen (secondary N) is 1. The minimum absolute atomic E-state index is 0.160. The molecule has 0 aliphatic rings. The molecule has 0 aromatic heterocycles. The largest absolute Gasteiger partial charge is 0.389 e. The first kappa shape index (κ1) is 17.4. The van der Waals surface area contributed by atoms with Gasteiger partial charge in [0.15, 0.2) is 0 Å². The quantitative estimate of drug-likeness (QED) is 0.776. The van der Waals surface area contributed by atoms with Crippen molar-refractivity contribution in [2.75, 3.05) is 39.2 Å². The van der Waals surface area contributed by atoms with Crippen LogP contribution in [0.25, 0.3) is 0 Å². The van der Waals surface area contributed by atoms with Crippen molar-refractivity contribution in [1.29, 1.82) is 0 Å². The SMILES string of the molecule is COCC(O)CN(C)CC(=O)Nc1ccc(Br)cc1Cl.